The third kappa shape index (κ3) is 2.63. The van der Waals surface area contributed by atoms with Crippen LogP contribution in [0.1, 0.15) is 13.8 Å². The minimum atomic E-state index is -5.05. The maximum atomic E-state index is 11.4. The van der Waals surface area contributed by atoms with Gasteiger partial charge in [-0.25, -0.2) is 12.2 Å². The van der Waals surface area contributed by atoms with Gasteiger partial charge in [-0.15, -0.1) is 11.1 Å². The van der Waals surface area contributed by atoms with Gasteiger partial charge in [0, 0.05) is 0 Å². The van der Waals surface area contributed by atoms with Crippen molar-refractivity contribution in [3.8, 4) is 0 Å². The minimum absolute atomic E-state index is 0. The molecule has 0 aromatic heterocycles. The maximum Gasteiger partial charge on any atom is 1.00 e. The molecule has 1 aliphatic rings. The molecule has 0 heterocycles. The quantitative estimate of drug-likeness (QED) is 0.290. The second-order valence-electron chi connectivity index (χ2n) is 3.91. The smallest absolute Gasteiger partial charge is 0.491 e. The first-order valence-corrected chi connectivity index (χ1v) is 6.25. The fourth-order valence-electron chi connectivity index (χ4n) is 2.08. The molecule has 1 aliphatic carbocycles. The van der Waals surface area contributed by atoms with E-state index in [9.17, 15) is 22.6 Å². The molecule has 2 atom stereocenters. The van der Waals surface area contributed by atoms with Crippen molar-refractivity contribution in [1.82, 2.24) is 0 Å². The van der Waals surface area contributed by atoms with E-state index in [1.165, 1.54) is 0 Å². The number of carbonyl (C=O) groups is 2. The van der Waals surface area contributed by atoms with E-state index < -0.39 is 38.3 Å². The van der Waals surface area contributed by atoms with E-state index in [0.717, 1.165) is 19.9 Å². The van der Waals surface area contributed by atoms with Gasteiger partial charge in [0.05, 0.1) is 0 Å². The van der Waals surface area contributed by atoms with E-state index in [2.05, 4.69) is 6.08 Å². The van der Waals surface area contributed by atoms with E-state index in [4.69, 9.17) is 10.2 Å². The number of hydrogen-bond acceptors (Lipinski definition) is 4. The zero-order valence-electron chi connectivity index (χ0n) is 10.5. The Bertz CT molecular complexity index is 575. The van der Waals surface area contributed by atoms with Crippen LogP contribution >= 0.6 is 0 Å². The van der Waals surface area contributed by atoms with Gasteiger partial charge in [-0.1, -0.05) is 13.8 Å². The number of carboxylic acids is 2. The SMILES string of the molecule is CC1=[C-]C=C(C(=O)O)C(C)C1(C(=O)O)S(=O)(=O)O.[Na+]. The van der Waals surface area contributed by atoms with E-state index in [-0.39, 0.29) is 35.1 Å². The molecule has 2 unspecified atom stereocenters. The third-order valence-electron chi connectivity index (χ3n) is 3.05. The van der Waals surface area contributed by atoms with Crippen molar-refractivity contribution < 1.29 is 62.3 Å². The van der Waals surface area contributed by atoms with Crippen LogP contribution in [0.4, 0.5) is 0 Å². The van der Waals surface area contributed by atoms with Gasteiger partial charge in [-0.2, -0.15) is 8.42 Å². The van der Waals surface area contributed by atoms with E-state index >= 15 is 0 Å². The summed E-state index contributed by atoms with van der Waals surface area (Å²) in [7, 11) is -5.05. The molecule has 0 aliphatic heterocycles. The molecular weight excluding hydrogens is 287 g/mol. The fraction of sp³-hybridized carbons (Fsp3) is 0.400. The van der Waals surface area contributed by atoms with Crippen LogP contribution in [-0.4, -0.2) is 39.9 Å². The van der Waals surface area contributed by atoms with Crippen molar-refractivity contribution in [2.75, 3.05) is 0 Å². The van der Waals surface area contributed by atoms with Crippen molar-refractivity contribution in [3.05, 3.63) is 23.3 Å². The zero-order chi connectivity index (χ0) is 14.3. The van der Waals surface area contributed by atoms with Crippen LogP contribution in [0.5, 0.6) is 0 Å². The average Bonchev–Trinajstić information content (AvgIpc) is 2.14. The molecule has 0 aromatic carbocycles. The molecular formula is C10H11NaO7S. The predicted octanol–water partition coefficient (Wildman–Crippen LogP) is -2.89. The van der Waals surface area contributed by atoms with Crippen molar-refractivity contribution in [1.29, 1.82) is 0 Å². The van der Waals surface area contributed by atoms with Crippen molar-refractivity contribution in [2.45, 2.75) is 18.6 Å². The van der Waals surface area contributed by atoms with Crippen LogP contribution in [-0.2, 0) is 19.7 Å². The van der Waals surface area contributed by atoms with Gasteiger partial charge in [0.2, 0.25) is 5.97 Å². The second-order valence-corrected chi connectivity index (χ2v) is 5.51. The molecule has 0 aromatic rings. The summed E-state index contributed by atoms with van der Waals surface area (Å²) in [6, 6.07) is 0. The summed E-state index contributed by atoms with van der Waals surface area (Å²) in [6.45, 7) is 2.28. The molecule has 0 fully saturated rings. The van der Waals surface area contributed by atoms with Crippen LogP contribution in [0, 0.1) is 12.0 Å². The van der Waals surface area contributed by atoms with Crippen molar-refractivity contribution in [3.63, 3.8) is 0 Å². The number of aliphatic carboxylic acids is 2. The Labute approximate surface area is 132 Å². The van der Waals surface area contributed by atoms with Crippen LogP contribution in [0.3, 0.4) is 0 Å². The number of hydrogen-bond donors (Lipinski definition) is 3. The first-order chi connectivity index (χ1) is 8.06. The van der Waals surface area contributed by atoms with Crippen LogP contribution in [0.25, 0.3) is 0 Å². The Morgan fingerprint density at radius 1 is 1.37 bits per heavy atom. The average molecular weight is 298 g/mol. The molecule has 0 spiro atoms. The topological polar surface area (TPSA) is 129 Å². The summed E-state index contributed by atoms with van der Waals surface area (Å²) in [5.41, 5.74) is -0.712. The summed E-state index contributed by atoms with van der Waals surface area (Å²) < 4.78 is 29.4. The standard InChI is InChI=1S/C10H11O7S.Na/c1-5-3-4-7(8(11)12)6(2)10(5,9(13)14)18(15,16)17;/h4,6H,1-2H3,(H,11,12)(H,13,14)(H,15,16,17);/q-1;+1. The number of allylic oxidation sites excluding steroid dienone is 2. The van der Waals surface area contributed by atoms with Gasteiger partial charge in [0.25, 0.3) is 10.1 Å². The summed E-state index contributed by atoms with van der Waals surface area (Å²) >= 11 is 0. The molecule has 0 radical (unpaired) electrons. The third-order valence-corrected chi connectivity index (χ3v) is 4.70. The van der Waals surface area contributed by atoms with Gasteiger partial charge < -0.3 is 10.2 Å². The first kappa shape index (κ1) is 18.3. The first-order valence-electron chi connectivity index (χ1n) is 4.81. The molecule has 9 heteroatoms. The van der Waals surface area contributed by atoms with Crippen molar-refractivity contribution >= 4 is 22.1 Å². The van der Waals surface area contributed by atoms with Crippen LogP contribution < -0.4 is 29.6 Å². The Kier molecular flexibility index (Phi) is 5.56. The molecule has 100 valence electrons. The molecule has 1 rings (SSSR count). The Hall–Kier alpha value is -0.670. The Morgan fingerprint density at radius 3 is 2.16 bits per heavy atom. The molecule has 0 amide bonds. The largest absolute Gasteiger partial charge is 1.00 e. The molecule has 7 nitrogen and oxygen atoms in total. The summed E-state index contributed by atoms with van der Waals surface area (Å²) in [5, 5.41) is 18.0. The van der Waals surface area contributed by atoms with Gasteiger partial charge in [0.1, 0.15) is 0 Å². The number of carboxylic acid groups (broad SMARTS) is 2. The van der Waals surface area contributed by atoms with E-state index in [1.54, 1.807) is 0 Å². The van der Waals surface area contributed by atoms with E-state index in [0.29, 0.717) is 0 Å². The summed E-state index contributed by atoms with van der Waals surface area (Å²) in [6.07, 6.45) is 3.29. The molecule has 0 bridgehead atoms. The molecule has 19 heavy (non-hydrogen) atoms. The molecule has 3 N–H and O–H groups in total. The minimum Gasteiger partial charge on any atom is -0.491 e. The second kappa shape index (κ2) is 5.76. The van der Waals surface area contributed by atoms with Gasteiger partial charge >= 0.3 is 35.5 Å². The normalized spacial score (nSPS) is 26.8. The predicted molar refractivity (Wildman–Crippen MR) is 59.2 cm³/mol. The molecule has 0 saturated heterocycles. The Balaban J connectivity index is 0.00000324. The maximum absolute atomic E-state index is 11.4. The Morgan fingerprint density at radius 2 is 1.84 bits per heavy atom. The van der Waals surface area contributed by atoms with Gasteiger partial charge in [0.15, 0.2) is 4.75 Å². The fourth-order valence-corrected chi connectivity index (χ4v) is 3.32. The monoisotopic (exact) mass is 298 g/mol. The van der Waals surface area contributed by atoms with E-state index in [1.807, 2.05) is 0 Å². The zero-order valence-corrected chi connectivity index (χ0v) is 13.4. The summed E-state index contributed by atoms with van der Waals surface area (Å²) in [4.78, 5) is 22.2. The number of rotatable bonds is 3. The molecule has 0 saturated carbocycles. The van der Waals surface area contributed by atoms with Crippen molar-refractivity contribution in [2.24, 2.45) is 5.92 Å². The van der Waals surface area contributed by atoms with Gasteiger partial charge in [-0.3, -0.25) is 14.1 Å². The summed E-state index contributed by atoms with van der Waals surface area (Å²) in [5.74, 6) is -4.74. The van der Waals surface area contributed by atoms with Gasteiger partial charge in [-0.05, 0) is 5.92 Å². The van der Waals surface area contributed by atoms with Crippen LogP contribution in [0.15, 0.2) is 17.2 Å². The van der Waals surface area contributed by atoms with Crippen LogP contribution in [0.2, 0.25) is 0 Å².